The number of hydrogen-bond donors (Lipinski definition) is 1. The van der Waals surface area contributed by atoms with E-state index >= 15 is 0 Å². The van der Waals surface area contributed by atoms with Crippen molar-refractivity contribution in [2.75, 3.05) is 20.3 Å². The Morgan fingerprint density at radius 1 is 1.30 bits per heavy atom. The first-order chi connectivity index (χ1) is 11.1. The number of nitriles is 1. The van der Waals surface area contributed by atoms with Gasteiger partial charge >= 0.3 is 5.97 Å². The summed E-state index contributed by atoms with van der Waals surface area (Å²) in [5.74, 6) is -0.308. The number of ether oxygens (including phenoxy) is 2. The Hall–Kier alpha value is -2.65. The van der Waals surface area contributed by atoms with Crippen molar-refractivity contribution in [3.63, 3.8) is 0 Å². The number of esters is 1. The number of carbonyl (C=O) groups is 2. The first-order valence-corrected chi connectivity index (χ1v) is 7.30. The maximum absolute atomic E-state index is 11.8. The molecule has 0 heterocycles. The van der Waals surface area contributed by atoms with E-state index in [-0.39, 0.29) is 11.5 Å². The largest absolute Gasteiger partial charge is 0.427 e. The second kappa shape index (κ2) is 10.1. The Morgan fingerprint density at radius 3 is 2.57 bits per heavy atom. The van der Waals surface area contributed by atoms with Gasteiger partial charge in [-0.15, -0.1) is 0 Å². The summed E-state index contributed by atoms with van der Waals surface area (Å²) in [7, 11) is 1.53. The third-order valence-corrected chi connectivity index (χ3v) is 2.83. The van der Waals surface area contributed by atoms with E-state index in [0.717, 1.165) is 6.42 Å². The minimum atomic E-state index is -0.456. The first kappa shape index (κ1) is 18.4. The quantitative estimate of drug-likeness (QED) is 0.261. The van der Waals surface area contributed by atoms with Crippen LogP contribution in [-0.4, -0.2) is 32.1 Å². The van der Waals surface area contributed by atoms with Crippen molar-refractivity contribution < 1.29 is 19.1 Å². The number of nitrogens with one attached hydrogen (secondary N) is 1. The lowest BCUT2D eigenvalue weighted by Gasteiger charge is -2.05. The SMILES string of the molecule is CCCC(=O)Oc1ccc(/C=C(\C#N)C(=O)NCCOC)cc1. The molecule has 6 heteroatoms. The van der Waals surface area contributed by atoms with Gasteiger partial charge in [-0.2, -0.15) is 5.26 Å². The Bertz CT molecular complexity index is 600. The Labute approximate surface area is 135 Å². The predicted molar refractivity (Wildman–Crippen MR) is 85.5 cm³/mol. The monoisotopic (exact) mass is 316 g/mol. The van der Waals surface area contributed by atoms with Crippen molar-refractivity contribution >= 4 is 18.0 Å². The normalized spacial score (nSPS) is 10.7. The van der Waals surface area contributed by atoms with E-state index in [9.17, 15) is 9.59 Å². The van der Waals surface area contributed by atoms with Gasteiger partial charge in [0, 0.05) is 20.1 Å². The van der Waals surface area contributed by atoms with E-state index in [0.29, 0.717) is 30.9 Å². The molecule has 0 spiro atoms. The van der Waals surface area contributed by atoms with Gasteiger partial charge in [-0.3, -0.25) is 9.59 Å². The van der Waals surface area contributed by atoms with Crippen LogP contribution in [0.25, 0.3) is 6.08 Å². The number of methoxy groups -OCH3 is 1. The molecule has 0 saturated heterocycles. The molecule has 0 aromatic heterocycles. The molecule has 0 unspecified atom stereocenters. The molecule has 0 aliphatic heterocycles. The van der Waals surface area contributed by atoms with Gasteiger partial charge in [0.2, 0.25) is 0 Å². The Balaban J connectivity index is 2.72. The minimum Gasteiger partial charge on any atom is -0.427 e. The van der Waals surface area contributed by atoms with Crippen molar-refractivity contribution in [1.29, 1.82) is 5.26 Å². The molecule has 122 valence electrons. The van der Waals surface area contributed by atoms with E-state index in [1.165, 1.54) is 13.2 Å². The maximum Gasteiger partial charge on any atom is 0.311 e. The van der Waals surface area contributed by atoms with Gasteiger partial charge in [-0.05, 0) is 30.2 Å². The molecule has 1 N–H and O–H groups in total. The second-order valence-corrected chi connectivity index (χ2v) is 4.71. The summed E-state index contributed by atoms with van der Waals surface area (Å²) in [5, 5.41) is 11.6. The fourth-order valence-electron chi connectivity index (χ4n) is 1.70. The molecule has 0 radical (unpaired) electrons. The van der Waals surface area contributed by atoms with E-state index in [1.807, 2.05) is 13.0 Å². The van der Waals surface area contributed by atoms with Crippen LogP contribution in [0.2, 0.25) is 0 Å². The molecule has 0 saturated carbocycles. The predicted octanol–water partition coefficient (Wildman–Crippen LogP) is 2.06. The fourth-order valence-corrected chi connectivity index (χ4v) is 1.70. The van der Waals surface area contributed by atoms with Crippen LogP contribution in [0, 0.1) is 11.3 Å². The summed E-state index contributed by atoms with van der Waals surface area (Å²) < 4.78 is 9.96. The third-order valence-electron chi connectivity index (χ3n) is 2.83. The summed E-state index contributed by atoms with van der Waals surface area (Å²) >= 11 is 0. The van der Waals surface area contributed by atoms with Gasteiger partial charge in [0.05, 0.1) is 6.61 Å². The molecule has 6 nitrogen and oxygen atoms in total. The highest BCUT2D eigenvalue weighted by atomic mass is 16.5. The lowest BCUT2D eigenvalue weighted by molar-refractivity contribution is -0.134. The van der Waals surface area contributed by atoms with Crippen LogP contribution >= 0.6 is 0 Å². The summed E-state index contributed by atoms with van der Waals surface area (Å²) in [6.07, 6.45) is 2.56. The Morgan fingerprint density at radius 2 is 2.00 bits per heavy atom. The molecule has 0 aliphatic carbocycles. The van der Waals surface area contributed by atoms with Gasteiger partial charge in [-0.1, -0.05) is 19.1 Å². The highest BCUT2D eigenvalue weighted by molar-refractivity contribution is 6.01. The fraction of sp³-hybridized carbons (Fsp3) is 0.353. The van der Waals surface area contributed by atoms with Crippen molar-refractivity contribution in [1.82, 2.24) is 5.32 Å². The van der Waals surface area contributed by atoms with Crippen molar-refractivity contribution in [3.05, 3.63) is 35.4 Å². The molecule has 1 amide bonds. The summed E-state index contributed by atoms with van der Waals surface area (Å²) in [6.45, 7) is 2.61. The molecular formula is C17H20N2O4. The average Bonchev–Trinajstić information content (AvgIpc) is 2.54. The number of carbonyl (C=O) groups excluding carboxylic acids is 2. The molecule has 1 rings (SSSR count). The highest BCUT2D eigenvalue weighted by Crippen LogP contribution is 2.15. The van der Waals surface area contributed by atoms with Gasteiger partial charge < -0.3 is 14.8 Å². The summed E-state index contributed by atoms with van der Waals surface area (Å²) in [6, 6.07) is 8.46. The van der Waals surface area contributed by atoms with Gasteiger partial charge in [0.15, 0.2) is 0 Å². The minimum absolute atomic E-state index is 0.00293. The zero-order chi connectivity index (χ0) is 17.1. The molecule has 0 fully saturated rings. The molecule has 1 aromatic carbocycles. The van der Waals surface area contributed by atoms with Crippen LogP contribution in [0.15, 0.2) is 29.8 Å². The molecular weight excluding hydrogens is 296 g/mol. The average molecular weight is 316 g/mol. The van der Waals surface area contributed by atoms with Crippen LogP contribution in [0.5, 0.6) is 5.75 Å². The molecule has 0 aliphatic rings. The van der Waals surface area contributed by atoms with E-state index in [1.54, 1.807) is 24.3 Å². The van der Waals surface area contributed by atoms with Gasteiger partial charge in [0.25, 0.3) is 5.91 Å². The van der Waals surface area contributed by atoms with Crippen LogP contribution < -0.4 is 10.1 Å². The summed E-state index contributed by atoms with van der Waals surface area (Å²) in [5.41, 5.74) is 0.663. The lowest BCUT2D eigenvalue weighted by Crippen LogP contribution is -2.27. The van der Waals surface area contributed by atoms with E-state index < -0.39 is 5.91 Å². The van der Waals surface area contributed by atoms with Gasteiger partial charge in [-0.25, -0.2) is 0 Å². The van der Waals surface area contributed by atoms with Crippen molar-refractivity contribution in [2.24, 2.45) is 0 Å². The molecule has 23 heavy (non-hydrogen) atoms. The third kappa shape index (κ3) is 6.76. The molecule has 0 atom stereocenters. The number of benzene rings is 1. The van der Waals surface area contributed by atoms with Crippen LogP contribution in [0.4, 0.5) is 0 Å². The summed E-state index contributed by atoms with van der Waals surface area (Å²) in [4.78, 5) is 23.2. The zero-order valence-electron chi connectivity index (χ0n) is 13.3. The topological polar surface area (TPSA) is 88.4 Å². The highest BCUT2D eigenvalue weighted by Gasteiger charge is 2.08. The van der Waals surface area contributed by atoms with Crippen molar-refractivity contribution in [3.8, 4) is 11.8 Å². The van der Waals surface area contributed by atoms with Crippen LogP contribution in [0.3, 0.4) is 0 Å². The van der Waals surface area contributed by atoms with E-state index in [4.69, 9.17) is 14.7 Å². The lowest BCUT2D eigenvalue weighted by atomic mass is 10.1. The van der Waals surface area contributed by atoms with E-state index in [2.05, 4.69) is 5.32 Å². The van der Waals surface area contributed by atoms with Crippen molar-refractivity contribution in [2.45, 2.75) is 19.8 Å². The van der Waals surface area contributed by atoms with Gasteiger partial charge in [0.1, 0.15) is 17.4 Å². The van der Waals surface area contributed by atoms with Crippen LogP contribution in [0.1, 0.15) is 25.3 Å². The maximum atomic E-state index is 11.8. The second-order valence-electron chi connectivity index (χ2n) is 4.71. The van der Waals surface area contributed by atoms with Crippen LogP contribution in [-0.2, 0) is 14.3 Å². The Kier molecular flexibility index (Phi) is 8.11. The number of nitrogens with zero attached hydrogens (tertiary/aromatic N) is 1. The number of amides is 1. The number of hydrogen-bond acceptors (Lipinski definition) is 5. The first-order valence-electron chi connectivity index (χ1n) is 7.30. The zero-order valence-corrected chi connectivity index (χ0v) is 13.3. The smallest absolute Gasteiger partial charge is 0.311 e. The molecule has 1 aromatic rings. The molecule has 0 bridgehead atoms. The standard InChI is InChI=1S/C17H20N2O4/c1-3-4-16(20)23-15-7-5-13(6-8-15)11-14(12-18)17(21)19-9-10-22-2/h5-8,11H,3-4,9-10H2,1-2H3,(H,19,21)/b14-11+. The number of rotatable bonds is 8.